The third-order valence-electron chi connectivity index (χ3n) is 5.39. The minimum atomic E-state index is 0.337. The summed E-state index contributed by atoms with van der Waals surface area (Å²) in [6.45, 7) is 9.43. The van der Waals surface area contributed by atoms with E-state index in [1.165, 1.54) is 0 Å². The van der Waals surface area contributed by atoms with Gasteiger partial charge in [0.15, 0.2) is 5.69 Å². The average Bonchev–Trinajstić information content (AvgIpc) is 3.31. The number of benzene rings is 1. The van der Waals surface area contributed by atoms with Gasteiger partial charge in [0, 0.05) is 43.0 Å². The van der Waals surface area contributed by atoms with Crippen molar-refractivity contribution in [3.05, 3.63) is 65.9 Å². The van der Waals surface area contributed by atoms with E-state index in [1.807, 2.05) is 24.4 Å². The van der Waals surface area contributed by atoms with E-state index in [2.05, 4.69) is 36.3 Å². The Balaban J connectivity index is 1.77. The smallest absolute Gasteiger partial charge is 0.188 e. The van der Waals surface area contributed by atoms with Crippen LogP contribution in [0.2, 0.25) is 0 Å². The first-order valence-electron chi connectivity index (χ1n) is 9.33. The molecular weight excluding hydrogens is 350 g/mol. The SMILES string of the molecule is [C-]#[N+]c1ccc2ncc3nc(Cc4cnccn4)n([C@@H]4CCN(C)C4)c3c2c1. The number of aromatic nitrogens is 5. The first-order chi connectivity index (χ1) is 13.7. The van der Waals surface area contributed by atoms with Crippen molar-refractivity contribution in [1.29, 1.82) is 0 Å². The highest BCUT2D eigenvalue weighted by Crippen LogP contribution is 2.33. The highest BCUT2D eigenvalue weighted by atomic mass is 15.2. The van der Waals surface area contributed by atoms with Gasteiger partial charge in [-0.2, -0.15) is 0 Å². The van der Waals surface area contributed by atoms with E-state index in [4.69, 9.17) is 11.6 Å². The van der Waals surface area contributed by atoms with Crippen molar-refractivity contribution >= 4 is 27.6 Å². The normalized spacial score (nSPS) is 17.4. The molecule has 0 unspecified atom stereocenters. The van der Waals surface area contributed by atoms with Crippen molar-refractivity contribution in [3.63, 3.8) is 0 Å². The molecule has 0 N–H and O–H groups in total. The van der Waals surface area contributed by atoms with Crippen molar-refractivity contribution in [3.8, 4) is 0 Å². The maximum absolute atomic E-state index is 7.39. The predicted molar refractivity (Wildman–Crippen MR) is 107 cm³/mol. The fraction of sp³-hybridized carbons (Fsp3) is 0.286. The number of nitrogens with zero attached hydrogens (tertiary/aromatic N) is 7. The molecule has 28 heavy (non-hydrogen) atoms. The Bertz CT molecular complexity index is 1210. The molecule has 0 spiro atoms. The van der Waals surface area contributed by atoms with Gasteiger partial charge in [0.25, 0.3) is 0 Å². The van der Waals surface area contributed by atoms with Crippen LogP contribution in [-0.4, -0.2) is 49.5 Å². The molecule has 0 radical (unpaired) electrons. The molecule has 0 amide bonds. The number of fused-ring (bicyclic) bond motifs is 3. The van der Waals surface area contributed by atoms with E-state index in [1.54, 1.807) is 18.6 Å². The van der Waals surface area contributed by atoms with Gasteiger partial charge in [-0.1, -0.05) is 6.07 Å². The summed E-state index contributed by atoms with van der Waals surface area (Å²) in [5.74, 6) is 0.971. The van der Waals surface area contributed by atoms with Gasteiger partial charge < -0.3 is 9.47 Å². The molecule has 7 nitrogen and oxygen atoms in total. The molecule has 1 aliphatic heterocycles. The van der Waals surface area contributed by atoms with Gasteiger partial charge in [0.2, 0.25) is 0 Å². The molecule has 7 heteroatoms. The first-order valence-corrected chi connectivity index (χ1v) is 9.33. The minimum Gasteiger partial charge on any atom is -0.323 e. The highest BCUT2D eigenvalue weighted by molar-refractivity contribution is 6.03. The lowest BCUT2D eigenvalue weighted by Gasteiger charge is -2.18. The zero-order valence-corrected chi connectivity index (χ0v) is 15.6. The number of imidazole rings is 1. The summed E-state index contributed by atoms with van der Waals surface area (Å²) in [6.07, 6.45) is 8.71. The highest BCUT2D eigenvalue weighted by Gasteiger charge is 2.26. The number of hydrogen-bond donors (Lipinski definition) is 0. The Morgan fingerprint density at radius 3 is 2.86 bits per heavy atom. The van der Waals surface area contributed by atoms with Gasteiger partial charge in [-0.05, 0) is 32.1 Å². The van der Waals surface area contributed by atoms with Gasteiger partial charge >= 0.3 is 0 Å². The van der Waals surface area contributed by atoms with Crippen molar-refractivity contribution in [2.24, 2.45) is 0 Å². The quantitative estimate of drug-likeness (QED) is 0.518. The van der Waals surface area contributed by atoms with Crippen molar-refractivity contribution in [2.75, 3.05) is 20.1 Å². The molecule has 1 aliphatic rings. The summed E-state index contributed by atoms with van der Waals surface area (Å²) in [6, 6.07) is 6.01. The molecule has 138 valence electrons. The molecule has 0 bridgehead atoms. The Morgan fingerprint density at radius 2 is 2.11 bits per heavy atom. The largest absolute Gasteiger partial charge is 0.323 e. The van der Waals surface area contributed by atoms with Gasteiger partial charge in [0.05, 0.1) is 29.5 Å². The minimum absolute atomic E-state index is 0.337. The first kappa shape index (κ1) is 16.8. The summed E-state index contributed by atoms with van der Waals surface area (Å²) >= 11 is 0. The zero-order valence-electron chi connectivity index (χ0n) is 15.6. The molecule has 0 aliphatic carbocycles. The number of rotatable bonds is 3. The lowest BCUT2D eigenvalue weighted by atomic mass is 10.1. The second-order valence-corrected chi connectivity index (χ2v) is 7.28. The Morgan fingerprint density at radius 1 is 1.18 bits per heavy atom. The van der Waals surface area contributed by atoms with E-state index < -0.39 is 0 Å². The molecular formula is C21H19N7. The summed E-state index contributed by atoms with van der Waals surface area (Å²) in [5.41, 5.74) is 4.33. The fourth-order valence-corrected chi connectivity index (χ4v) is 4.11. The summed E-state index contributed by atoms with van der Waals surface area (Å²) in [4.78, 5) is 24.1. The molecule has 1 aromatic carbocycles. The monoisotopic (exact) mass is 369 g/mol. The van der Waals surface area contributed by atoms with Gasteiger partial charge in [-0.3, -0.25) is 15.0 Å². The number of pyridine rings is 1. The van der Waals surface area contributed by atoms with Gasteiger partial charge in [0.1, 0.15) is 11.3 Å². The van der Waals surface area contributed by atoms with Gasteiger partial charge in [-0.25, -0.2) is 9.83 Å². The van der Waals surface area contributed by atoms with Crippen LogP contribution in [0.5, 0.6) is 0 Å². The molecule has 0 saturated carbocycles. The second-order valence-electron chi connectivity index (χ2n) is 7.28. The molecule has 1 atom stereocenters. The van der Waals surface area contributed by atoms with Crippen molar-refractivity contribution in [1.82, 2.24) is 29.4 Å². The number of hydrogen-bond acceptors (Lipinski definition) is 5. The fourth-order valence-electron chi connectivity index (χ4n) is 4.11. The molecule has 4 aromatic rings. The Kier molecular flexibility index (Phi) is 3.99. The van der Waals surface area contributed by atoms with Crippen LogP contribution in [-0.2, 0) is 6.42 Å². The third-order valence-corrected chi connectivity index (χ3v) is 5.39. The Labute approximate surface area is 162 Å². The molecule has 1 fully saturated rings. The maximum atomic E-state index is 7.39. The van der Waals surface area contributed by atoms with E-state index in [0.717, 1.165) is 53.0 Å². The van der Waals surface area contributed by atoms with Crippen LogP contribution in [0.15, 0.2) is 43.0 Å². The number of likely N-dealkylation sites (N-methyl/N-ethyl adjacent to an activating group) is 1. The average molecular weight is 369 g/mol. The van der Waals surface area contributed by atoms with E-state index in [0.29, 0.717) is 18.2 Å². The van der Waals surface area contributed by atoms with Crippen LogP contribution >= 0.6 is 0 Å². The summed E-state index contributed by atoms with van der Waals surface area (Å²) in [5, 5.41) is 0.985. The molecule has 3 aromatic heterocycles. The zero-order chi connectivity index (χ0) is 19.1. The van der Waals surface area contributed by atoms with Gasteiger partial charge in [-0.15, -0.1) is 0 Å². The maximum Gasteiger partial charge on any atom is 0.188 e. The molecule has 1 saturated heterocycles. The topological polar surface area (TPSA) is 64.1 Å². The standard InChI is InChI=1S/C21H19N7/c1-22-14-3-4-18-17(9-14)21-19(12-25-18)26-20(10-15-11-23-6-7-24-15)28(21)16-5-8-27(2)13-16/h3-4,6-7,9,11-12,16H,5,8,10,13H2,2H3/t16-/m1/s1. The van der Waals surface area contributed by atoms with Crippen LogP contribution in [0.25, 0.3) is 26.8 Å². The summed E-state index contributed by atoms with van der Waals surface area (Å²) in [7, 11) is 2.15. The lowest BCUT2D eigenvalue weighted by Crippen LogP contribution is -2.18. The van der Waals surface area contributed by atoms with Crippen LogP contribution in [0.1, 0.15) is 24.0 Å². The van der Waals surface area contributed by atoms with Crippen LogP contribution in [0, 0.1) is 6.57 Å². The van der Waals surface area contributed by atoms with Crippen molar-refractivity contribution in [2.45, 2.75) is 18.9 Å². The van der Waals surface area contributed by atoms with Crippen LogP contribution in [0.3, 0.4) is 0 Å². The van der Waals surface area contributed by atoms with E-state index >= 15 is 0 Å². The van der Waals surface area contributed by atoms with Crippen LogP contribution < -0.4 is 0 Å². The lowest BCUT2D eigenvalue weighted by molar-refractivity contribution is 0.392. The molecule has 5 rings (SSSR count). The van der Waals surface area contributed by atoms with Crippen LogP contribution in [0.4, 0.5) is 5.69 Å². The predicted octanol–water partition coefficient (Wildman–Crippen LogP) is 3.39. The Hall–Kier alpha value is -3.37. The third kappa shape index (κ3) is 2.79. The molecule has 4 heterocycles. The van der Waals surface area contributed by atoms with Crippen molar-refractivity contribution < 1.29 is 0 Å². The second kappa shape index (κ2) is 6.66. The summed E-state index contributed by atoms with van der Waals surface area (Å²) < 4.78 is 2.35. The number of likely N-dealkylation sites (tertiary alicyclic amines) is 1. The van der Waals surface area contributed by atoms with E-state index in [9.17, 15) is 0 Å². The van der Waals surface area contributed by atoms with E-state index in [-0.39, 0.29) is 0 Å².